The van der Waals surface area contributed by atoms with Gasteiger partial charge in [-0.1, -0.05) is 18.1 Å². The topological polar surface area (TPSA) is 166 Å². The standard InChI is InChI=1S/C16H18N6O2S.CH3NO2/c1-25(23,24)13-8-6-12(7-9-13)22-15-14(20-21-22)10-17-16(19-15)18-11-4-2-3-5-11;2-1(3)4/h6-11H,2-5H2,1H3,(H,17,18,19);2H2,(H,3,4). The van der Waals surface area contributed by atoms with Gasteiger partial charge in [0.05, 0.1) is 16.8 Å². The van der Waals surface area contributed by atoms with Crippen LogP contribution in [0.25, 0.3) is 16.9 Å². The number of carboxylic acid groups (broad SMARTS) is 1. The SMILES string of the molecule is CS(=O)(=O)c1ccc(-n2nnc3cnc(NC4CCCC4)nc32)cc1.NC(=O)O. The third-order valence-corrected chi connectivity index (χ3v) is 5.52. The number of nitrogens with zero attached hydrogens (tertiary/aromatic N) is 5. The molecule has 1 amide bonds. The molecule has 0 radical (unpaired) electrons. The lowest BCUT2D eigenvalue weighted by atomic mass is 10.2. The number of anilines is 1. The van der Waals surface area contributed by atoms with E-state index in [0.717, 1.165) is 12.8 Å². The number of primary amides is 1. The number of benzene rings is 1. The first-order chi connectivity index (χ1) is 13.7. The molecule has 12 heteroatoms. The van der Waals surface area contributed by atoms with Crippen LogP contribution in [-0.4, -0.2) is 56.9 Å². The molecule has 0 spiro atoms. The van der Waals surface area contributed by atoms with Crippen LogP contribution in [0.4, 0.5) is 10.7 Å². The van der Waals surface area contributed by atoms with E-state index in [-0.39, 0.29) is 4.90 Å². The van der Waals surface area contributed by atoms with Crippen molar-refractivity contribution in [1.29, 1.82) is 0 Å². The Kier molecular flexibility index (Phi) is 5.92. The third kappa shape index (κ3) is 5.16. The van der Waals surface area contributed by atoms with Gasteiger partial charge in [-0.25, -0.2) is 18.2 Å². The van der Waals surface area contributed by atoms with Crippen LogP contribution < -0.4 is 11.1 Å². The van der Waals surface area contributed by atoms with E-state index in [9.17, 15) is 8.42 Å². The Morgan fingerprint density at radius 3 is 2.45 bits per heavy atom. The molecule has 1 aromatic carbocycles. The molecule has 0 atom stereocenters. The van der Waals surface area contributed by atoms with Crippen molar-refractivity contribution < 1.29 is 18.3 Å². The second-order valence-electron chi connectivity index (χ2n) is 6.63. The highest BCUT2D eigenvalue weighted by atomic mass is 32.2. The molecule has 154 valence electrons. The number of hydrogen-bond acceptors (Lipinski definition) is 8. The van der Waals surface area contributed by atoms with Gasteiger partial charge in [0, 0.05) is 12.3 Å². The number of aromatic nitrogens is 5. The molecular weight excluding hydrogens is 398 g/mol. The highest BCUT2D eigenvalue weighted by Gasteiger charge is 2.17. The van der Waals surface area contributed by atoms with Crippen LogP contribution in [0.3, 0.4) is 0 Å². The van der Waals surface area contributed by atoms with Crippen molar-refractivity contribution >= 4 is 33.0 Å². The maximum atomic E-state index is 11.6. The fourth-order valence-corrected chi connectivity index (χ4v) is 3.69. The molecule has 1 fully saturated rings. The van der Waals surface area contributed by atoms with E-state index in [0.29, 0.717) is 28.8 Å². The summed E-state index contributed by atoms with van der Waals surface area (Å²) in [4.78, 5) is 17.9. The molecule has 2 aromatic heterocycles. The molecular formula is C17H21N7O4S. The highest BCUT2D eigenvalue weighted by Crippen LogP contribution is 2.22. The minimum Gasteiger partial charge on any atom is -0.465 e. The molecule has 4 rings (SSSR count). The van der Waals surface area contributed by atoms with Crippen LogP contribution in [0.15, 0.2) is 35.4 Å². The molecule has 0 bridgehead atoms. The van der Waals surface area contributed by atoms with Gasteiger partial charge in [0.2, 0.25) is 5.95 Å². The van der Waals surface area contributed by atoms with Crippen molar-refractivity contribution in [1.82, 2.24) is 25.0 Å². The summed E-state index contributed by atoms with van der Waals surface area (Å²) in [6.07, 6.45) is 6.21. The van der Waals surface area contributed by atoms with E-state index in [1.807, 2.05) is 0 Å². The summed E-state index contributed by atoms with van der Waals surface area (Å²) < 4.78 is 24.8. The van der Waals surface area contributed by atoms with E-state index in [2.05, 4.69) is 31.3 Å². The van der Waals surface area contributed by atoms with Crippen LogP contribution in [-0.2, 0) is 9.84 Å². The Balaban J connectivity index is 0.000000552. The second-order valence-corrected chi connectivity index (χ2v) is 8.65. The fourth-order valence-electron chi connectivity index (χ4n) is 3.06. The largest absolute Gasteiger partial charge is 0.465 e. The van der Waals surface area contributed by atoms with Gasteiger partial charge in [-0.15, -0.1) is 5.10 Å². The lowest BCUT2D eigenvalue weighted by Gasteiger charge is -2.11. The smallest absolute Gasteiger partial charge is 0.402 e. The number of sulfone groups is 1. The van der Waals surface area contributed by atoms with E-state index in [1.165, 1.54) is 19.1 Å². The minimum absolute atomic E-state index is 0.263. The Bertz CT molecular complexity index is 1100. The summed E-state index contributed by atoms with van der Waals surface area (Å²) in [7, 11) is -3.23. The van der Waals surface area contributed by atoms with Gasteiger partial charge >= 0.3 is 6.09 Å². The number of hydrogen-bond donors (Lipinski definition) is 3. The van der Waals surface area contributed by atoms with Crippen molar-refractivity contribution in [2.24, 2.45) is 5.73 Å². The maximum absolute atomic E-state index is 11.6. The third-order valence-electron chi connectivity index (χ3n) is 4.39. The average Bonchev–Trinajstić information content (AvgIpc) is 3.30. The Labute approximate surface area is 166 Å². The first-order valence-corrected chi connectivity index (χ1v) is 10.8. The lowest BCUT2D eigenvalue weighted by molar-refractivity contribution is 0.205. The quantitative estimate of drug-likeness (QED) is 0.569. The van der Waals surface area contributed by atoms with Gasteiger partial charge in [0.1, 0.15) is 0 Å². The number of nitrogens with two attached hydrogens (primary N) is 1. The van der Waals surface area contributed by atoms with Crippen molar-refractivity contribution in [3.8, 4) is 5.69 Å². The van der Waals surface area contributed by atoms with Gasteiger partial charge in [-0.3, -0.25) is 0 Å². The van der Waals surface area contributed by atoms with E-state index in [1.54, 1.807) is 35.1 Å². The molecule has 4 N–H and O–H groups in total. The molecule has 0 aliphatic heterocycles. The van der Waals surface area contributed by atoms with Gasteiger partial charge in [0.15, 0.2) is 21.0 Å². The second kappa shape index (κ2) is 8.39. The number of nitrogens with one attached hydrogen (secondary N) is 1. The van der Waals surface area contributed by atoms with Gasteiger partial charge < -0.3 is 16.2 Å². The molecule has 29 heavy (non-hydrogen) atoms. The van der Waals surface area contributed by atoms with Crippen molar-refractivity contribution in [2.45, 2.75) is 36.6 Å². The van der Waals surface area contributed by atoms with Crippen LogP contribution in [0.2, 0.25) is 0 Å². The number of fused-ring (bicyclic) bond motifs is 1. The Hall–Kier alpha value is -3.28. The summed E-state index contributed by atoms with van der Waals surface area (Å²) >= 11 is 0. The predicted molar refractivity (Wildman–Crippen MR) is 106 cm³/mol. The van der Waals surface area contributed by atoms with Crippen molar-refractivity contribution in [3.05, 3.63) is 30.5 Å². The van der Waals surface area contributed by atoms with Gasteiger partial charge in [-0.05, 0) is 37.1 Å². The van der Waals surface area contributed by atoms with E-state index >= 15 is 0 Å². The molecule has 0 unspecified atom stereocenters. The molecule has 1 aliphatic carbocycles. The molecule has 11 nitrogen and oxygen atoms in total. The summed E-state index contributed by atoms with van der Waals surface area (Å²) in [6, 6.07) is 6.90. The van der Waals surface area contributed by atoms with Gasteiger partial charge in [-0.2, -0.15) is 9.67 Å². The molecule has 1 saturated carbocycles. The summed E-state index contributed by atoms with van der Waals surface area (Å²) in [6.45, 7) is 0. The van der Waals surface area contributed by atoms with Crippen LogP contribution >= 0.6 is 0 Å². The fraction of sp³-hybridized carbons (Fsp3) is 0.353. The zero-order chi connectivity index (χ0) is 21.0. The predicted octanol–water partition coefficient (Wildman–Crippen LogP) is 1.59. The molecule has 3 aromatic rings. The summed E-state index contributed by atoms with van der Waals surface area (Å²) in [5.41, 5.74) is 5.90. The van der Waals surface area contributed by atoms with Crippen molar-refractivity contribution in [2.75, 3.05) is 11.6 Å². The highest BCUT2D eigenvalue weighted by molar-refractivity contribution is 7.90. The minimum atomic E-state index is -3.23. The zero-order valence-corrected chi connectivity index (χ0v) is 16.5. The molecule has 2 heterocycles. The monoisotopic (exact) mass is 419 g/mol. The number of rotatable bonds is 4. The first kappa shape index (κ1) is 20.5. The van der Waals surface area contributed by atoms with Crippen molar-refractivity contribution in [3.63, 3.8) is 0 Å². The Morgan fingerprint density at radius 2 is 1.86 bits per heavy atom. The van der Waals surface area contributed by atoms with Crippen LogP contribution in [0.5, 0.6) is 0 Å². The normalized spacial score (nSPS) is 14.4. The van der Waals surface area contributed by atoms with E-state index < -0.39 is 15.9 Å². The lowest BCUT2D eigenvalue weighted by Crippen LogP contribution is -2.16. The number of carbonyl (C=O) groups is 1. The van der Waals surface area contributed by atoms with E-state index in [4.69, 9.17) is 9.90 Å². The maximum Gasteiger partial charge on any atom is 0.402 e. The van der Waals surface area contributed by atoms with Gasteiger partial charge in [0.25, 0.3) is 0 Å². The first-order valence-electron chi connectivity index (χ1n) is 8.88. The average molecular weight is 419 g/mol. The zero-order valence-electron chi connectivity index (χ0n) is 15.7. The van der Waals surface area contributed by atoms with Crippen LogP contribution in [0.1, 0.15) is 25.7 Å². The van der Waals surface area contributed by atoms with Crippen LogP contribution in [0, 0.1) is 0 Å². The number of amides is 1. The summed E-state index contributed by atoms with van der Waals surface area (Å²) in [5.74, 6) is 0.565. The Morgan fingerprint density at radius 1 is 1.24 bits per heavy atom. The molecule has 1 aliphatic rings. The summed E-state index contributed by atoms with van der Waals surface area (Å²) in [5, 5.41) is 18.8. The molecule has 0 saturated heterocycles.